The number of benzene rings is 1. The molecule has 0 radical (unpaired) electrons. The molecule has 4 rings (SSSR count). The Morgan fingerprint density at radius 2 is 1.92 bits per heavy atom. The summed E-state index contributed by atoms with van der Waals surface area (Å²) >= 11 is 0. The zero-order valence-corrected chi connectivity index (χ0v) is 14.2. The molecule has 24 heavy (non-hydrogen) atoms. The third kappa shape index (κ3) is 3.70. The van der Waals surface area contributed by atoms with Gasteiger partial charge in [-0.15, -0.1) is 0 Å². The van der Waals surface area contributed by atoms with Gasteiger partial charge in [-0.05, 0) is 18.4 Å². The Bertz CT molecular complexity index is 634. The van der Waals surface area contributed by atoms with Crippen LogP contribution >= 0.6 is 0 Å². The van der Waals surface area contributed by atoms with Crippen molar-refractivity contribution in [2.24, 2.45) is 0 Å². The molecule has 0 spiro atoms. The Balaban J connectivity index is 1.37. The van der Waals surface area contributed by atoms with Gasteiger partial charge < -0.3 is 9.26 Å². The molecule has 1 saturated carbocycles. The highest BCUT2D eigenvalue weighted by atomic mass is 16.5. The van der Waals surface area contributed by atoms with E-state index in [2.05, 4.69) is 40.4 Å². The van der Waals surface area contributed by atoms with Crippen molar-refractivity contribution in [3.8, 4) is 0 Å². The average Bonchev–Trinajstić information content (AvgIpc) is 3.12. The molecular weight excluding hydrogens is 300 g/mol. The van der Waals surface area contributed by atoms with Gasteiger partial charge in [0.25, 0.3) is 0 Å². The quantitative estimate of drug-likeness (QED) is 0.840. The first kappa shape index (κ1) is 15.9. The normalized spacial score (nSPS) is 23.4. The second-order valence-corrected chi connectivity index (χ2v) is 7.06. The van der Waals surface area contributed by atoms with Crippen molar-refractivity contribution >= 4 is 0 Å². The average molecular weight is 326 g/mol. The van der Waals surface area contributed by atoms with Gasteiger partial charge in [-0.1, -0.05) is 54.8 Å². The Kier molecular flexibility index (Phi) is 4.95. The van der Waals surface area contributed by atoms with Crippen LogP contribution in [-0.2, 0) is 11.3 Å². The topological polar surface area (TPSA) is 38.5 Å². The van der Waals surface area contributed by atoms with E-state index in [0.717, 1.165) is 37.7 Å². The van der Waals surface area contributed by atoms with Gasteiger partial charge in [0.1, 0.15) is 0 Å². The van der Waals surface area contributed by atoms with Crippen LogP contribution < -0.4 is 0 Å². The van der Waals surface area contributed by atoms with Crippen molar-refractivity contribution in [1.82, 2.24) is 10.1 Å². The standard InChI is InChI=1S/C20H26N2O2/c1-3-7-16(8-4-1)19-13-18(24-21-19)14-22-11-12-23-20(15-22)17-9-5-2-6-10-17/h2,5-6,9-10,13,16,20H,1,3-4,7-8,11-12,14-15H2. The Hall–Kier alpha value is -1.65. The van der Waals surface area contributed by atoms with Crippen LogP contribution in [0.2, 0.25) is 0 Å². The number of hydrogen-bond donors (Lipinski definition) is 0. The van der Waals surface area contributed by atoms with Crippen molar-refractivity contribution in [1.29, 1.82) is 0 Å². The van der Waals surface area contributed by atoms with Gasteiger partial charge in [0, 0.05) is 25.1 Å². The zero-order chi connectivity index (χ0) is 16.2. The second-order valence-electron chi connectivity index (χ2n) is 7.06. The molecular formula is C20H26N2O2. The molecule has 4 nitrogen and oxygen atoms in total. The molecule has 1 saturated heterocycles. The summed E-state index contributed by atoms with van der Waals surface area (Å²) in [5.74, 6) is 1.60. The molecule has 2 aliphatic rings. The summed E-state index contributed by atoms with van der Waals surface area (Å²) in [6, 6.07) is 12.7. The molecule has 2 heterocycles. The molecule has 1 atom stereocenters. The van der Waals surface area contributed by atoms with Crippen molar-refractivity contribution in [2.75, 3.05) is 19.7 Å². The van der Waals surface area contributed by atoms with Gasteiger partial charge >= 0.3 is 0 Å². The van der Waals surface area contributed by atoms with E-state index in [1.807, 2.05) is 6.07 Å². The maximum Gasteiger partial charge on any atom is 0.150 e. The van der Waals surface area contributed by atoms with Crippen LogP contribution in [0.4, 0.5) is 0 Å². The molecule has 1 aromatic heterocycles. The number of hydrogen-bond acceptors (Lipinski definition) is 4. The lowest BCUT2D eigenvalue weighted by atomic mass is 9.87. The van der Waals surface area contributed by atoms with E-state index < -0.39 is 0 Å². The van der Waals surface area contributed by atoms with Crippen molar-refractivity contribution in [2.45, 2.75) is 50.7 Å². The predicted molar refractivity (Wildman–Crippen MR) is 92.7 cm³/mol. The maximum absolute atomic E-state index is 5.94. The molecule has 1 aliphatic heterocycles. The molecule has 1 aliphatic carbocycles. The van der Waals surface area contributed by atoms with E-state index in [-0.39, 0.29) is 6.10 Å². The summed E-state index contributed by atoms with van der Waals surface area (Å²) < 4.78 is 11.6. The van der Waals surface area contributed by atoms with Crippen molar-refractivity contribution < 1.29 is 9.26 Å². The highest BCUT2D eigenvalue weighted by molar-refractivity contribution is 5.18. The highest BCUT2D eigenvalue weighted by Gasteiger charge is 2.24. The lowest BCUT2D eigenvalue weighted by Crippen LogP contribution is -2.37. The van der Waals surface area contributed by atoms with Gasteiger partial charge in [0.2, 0.25) is 0 Å². The lowest BCUT2D eigenvalue weighted by molar-refractivity contribution is -0.0351. The van der Waals surface area contributed by atoms with Crippen LogP contribution in [0.15, 0.2) is 40.9 Å². The third-order valence-corrected chi connectivity index (χ3v) is 5.30. The van der Waals surface area contributed by atoms with Gasteiger partial charge in [-0.25, -0.2) is 0 Å². The molecule has 2 fully saturated rings. The summed E-state index contributed by atoms with van der Waals surface area (Å²) in [7, 11) is 0. The fraction of sp³-hybridized carbons (Fsp3) is 0.550. The monoisotopic (exact) mass is 326 g/mol. The Labute approximate surface area is 143 Å². The predicted octanol–water partition coefficient (Wildman–Crippen LogP) is 4.30. The van der Waals surface area contributed by atoms with E-state index in [4.69, 9.17) is 9.26 Å². The van der Waals surface area contributed by atoms with Gasteiger partial charge in [-0.2, -0.15) is 0 Å². The number of nitrogens with zero attached hydrogens (tertiary/aromatic N) is 2. The van der Waals surface area contributed by atoms with Crippen LogP contribution in [0.25, 0.3) is 0 Å². The number of morpholine rings is 1. The Morgan fingerprint density at radius 1 is 1.08 bits per heavy atom. The molecule has 1 unspecified atom stereocenters. The number of ether oxygens (including phenoxy) is 1. The minimum absolute atomic E-state index is 0.153. The van der Waals surface area contributed by atoms with E-state index in [1.165, 1.54) is 37.7 Å². The summed E-state index contributed by atoms with van der Waals surface area (Å²) in [6.45, 7) is 3.45. The van der Waals surface area contributed by atoms with E-state index in [0.29, 0.717) is 5.92 Å². The summed E-state index contributed by atoms with van der Waals surface area (Å²) in [5.41, 5.74) is 2.42. The minimum atomic E-state index is 0.153. The van der Waals surface area contributed by atoms with E-state index in [9.17, 15) is 0 Å². The van der Waals surface area contributed by atoms with Crippen LogP contribution in [0, 0.1) is 0 Å². The van der Waals surface area contributed by atoms with Crippen LogP contribution in [0.1, 0.15) is 61.1 Å². The minimum Gasteiger partial charge on any atom is -0.371 e. The first-order valence-corrected chi connectivity index (χ1v) is 9.23. The van der Waals surface area contributed by atoms with Gasteiger partial charge in [0.05, 0.1) is 24.9 Å². The molecule has 1 aromatic carbocycles. The summed E-state index contributed by atoms with van der Waals surface area (Å²) in [5, 5.41) is 4.35. The molecule has 4 heteroatoms. The first-order chi connectivity index (χ1) is 11.9. The van der Waals surface area contributed by atoms with Crippen LogP contribution in [-0.4, -0.2) is 29.8 Å². The van der Waals surface area contributed by atoms with Crippen molar-refractivity contribution in [3.63, 3.8) is 0 Å². The largest absolute Gasteiger partial charge is 0.371 e. The SMILES string of the molecule is c1ccc(C2CN(Cc3cc(C4CCCCC4)no3)CCO2)cc1. The fourth-order valence-electron chi connectivity index (χ4n) is 3.93. The zero-order valence-electron chi connectivity index (χ0n) is 14.2. The summed E-state index contributed by atoms with van der Waals surface area (Å²) in [6.07, 6.45) is 6.71. The molecule has 0 N–H and O–H groups in total. The van der Waals surface area contributed by atoms with Crippen LogP contribution in [0.5, 0.6) is 0 Å². The first-order valence-electron chi connectivity index (χ1n) is 9.23. The van der Waals surface area contributed by atoms with E-state index in [1.54, 1.807) is 0 Å². The van der Waals surface area contributed by atoms with Gasteiger partial charge in [0.15, 0.2) is 5.76 Å². The number of rotatable bonds is 4. The molecule has 0 amide bonds. The van der Waals surface area contributed by atoms with Gasteiger partial charge in [-0.3, -0.25) is 4.90 Å². The number of aromatic nitrogens is 1. The third-order valence-electron chi connectivity index (χ3n) is 5.30. The van der Waals surface area contributed by atoms with Crippen molar-refractivity contribution in [3.05, 3.63) is 53.4 Å². The highest BCUT2D eigenvalue weighted by Crippen LogP contribution is 2.32. The van der Waals surface area contributed by atoms with E-state index >= 15 is 0 Å². The fourth-order valence-corrected chi connectivity index (χ4v) is 3.93. The summed E-state index contributed by atoms with van der Waals surface area (Å²) in [4.78, 5) is 2.41. The second kappa shape index (κ2) is 7.49. The smallest absolute Gasteiger partial charge is 0.150 e. The molecule has 128 valence electrons. The Morgan fingerprint density at radius 3 is 2.75 bits per heavy atom. The molecule has 0 bridgehead atoms. The van der Waals surface area contributed by atoms with Crippen LogP contribution in [0.3, 0.4) is 0 Å². The lowest BCUT2D eigenvalue weighted by Gasteiger charge is -2.32. The maximum atomic E-state index is 5.94. The molecule has 2 aromatic rings.